The lowest BCUT2D eigenvalue weighted by atomic mass is 9.76. The predicted molar refractivity (Wildman–Crippen MR) is 85.6 cm³/mol. The van der Waals surface area contributed by atoms with E-state index in [2.05, 4.69) is 25.8 Å². The van der Waals surface area contributed by atoms with Gasteiger partial charge in [-0.2, -0.15) is 11.8 Å². The van der Waals surface area contributed by atoms with E-state index in [0.717, 1.165) is 29.3 Å². The van der Waals surface area contributed by atoms with Gasteiger partial charge in [0.1, 0.15) is 5.82 Å². The molecular formula is C15H20N2OS2. The fourth-order valence-corrected chi connectivity index (χ4v) is 5.60. The van der Waals surface area contributed by atoms with Crippen LogP contribution in [0.25, 0.3) is 0 Å². The average molecular weight is 308 g/mol. The van der Waals surface area contributed by atoms with Crippen molar-refractivity contribution in [2.75, 3.05) is 11.5 Å². The Morgan fingerprint density at radius 1 is 1.25 bits per heavy atom. The second kappa shape index (κ2) is 5.34. The molecule has 20 heavy (non-hydrogen) atoms. The molecule has 2 aliphatic rings. The summed E-state index contributed by atoms with van der Waals surface area (Å²) >= 11 is 3.94. The third-order valence-corrected chi connectivity index (χ3v) is 7.00. The fraction of sp³-hybridized carbons (Fsp3) is 0.667. The minimum Gasteiger partial charge on any atom is -0.294 e. The molecule has 0 bridgehead atoms. The van der Waals surface area contributed by atoms with Gasteiger partial charge in [-0.1, -0.05) is 20.8 Å². The van der Waals surface area contributed by atoms with Crippen molar-refractivity contribution in [1.29, 1.82) is 0 Å². The first-order chi connectivity index (χ1) is 9.46. The minimum atomic E-state index is 0.0236. The molecule has 1 aliphatic carbocycles. The van der Waals surface area contributed by atoms with Crippen molar-refractivity contribution in [1.82, 2.24) is 9.97 Å². The molecule has 0 N–H and O–H groups in total. The van der Waals surface area contributed by atoms with E-state index < -0.39 is 0 Å². The molecule has 0 spiro atoms. The van der Waals surface area contributed by atoms with E-state index in [1.807, 2.05) is 23.5 Å². The van der Waals surface area contributed by atoms with Gasteiger partial charge in [0.15, 0.2) is 5.78 Å². The van der Waals surface area contributed by atoms with E-state index in [-0.39, 0.29) is 11.2 Å². The lowest BCUT2D eigenvalue weighted by Crippen LogP contribution is -2.29. The normalized spacial score (nSPS) is 29.1. The largest absolute Gasteiger partial charge is 0.294 e. The van der Waals surface area contributed by atoms with Crippen LogP contribution < -0.4 is 0 Å². The number of ketones is 1. The number of nitrogens with zero attached hydrogens (tertiary/aromatic N) is 2. The molecule has 0 amide bonds. The van der Waals surface area contributed by atoms with Gasteiger partial charge in [0.25, 0.3) is 0 Å². The average Bonchev–Trinajstić information content (AvgIpc) is 2.37. The van der Waals surface area contributed by atoms with Gasteiger partial charge in [0, 0.05) is 29.4 Å². The molecule has 0 radical (unpaired) electrons. The van der Waals surface area contributed by atoms with E-state index in [4.69, 9.17) is 4.98 Å². The molecule has 5 heteroatoms. The highest BCUT2D eigenvalue weighted by Gasteiger charge is 2.34. The molecule has 1 fully saturated rings. The Balaban J connectivity index is 1.94. The van der Waals surface area contributed by atoms with Crippen LogP contribution in [0.2, 0.25) is 0 Å². The lowest BCUT2D eigenvalue weighted by molar-refractivity contribution is 0.0909. The number of hydrogen-bond acceptors (Lipinski definition) is 5. The number of hydrogen-bond donors (Lipinski definition) is 0. The molecule has 3 rings (SSSR count). The molecular weight excluding hydrogens is 288 g/mol. The maximum absolute atomic E-state index is 12.2. The summed E-state index contributed by atoms with van der Waals surface area (Å²) in [6, 6.07) is 0. The van der Waals surface area contributed by atoms with Gasteiger partial charge in [-0.05, 0) is 11.8 Å². The maximum atomic E-state index is 12.2. The lowest BCUT2D eigenvalue weighted by Gasteiger charge is -2.31. The van der Waals surface area contributed by atoms with E-state index in [1.54, 1.807) is 6.20 Å². The van der Waals surface area contributed by atoms with Crippen LogP contribution in [-0.4, -0.2) is 32.5 Å². The van der Waals surface area contributed by atoms with Gasteiger partial charge in [0.2, 0.25) is 0 Å². The van der Waals surface area contributed by atoms with Crippen molar-refractivity contribution in [2.45, 2.75) is 44.1 Å². The Morgan fingerprint density at radius 3 is 2.75 bits per heavy atom. The predicted octanol–water partition coefficient (Wildman–Crippen LogP) is 3.54. The Bertz CT molecular complexity index is 545. The number of fused-ring (bicyclic) bond motifs is 1. The van der Waals surface area contributed by atoms with Crippen molar-refractivity contribution < 1.29 is 4.79 Å². The number of carbonyl (C=O) groups is 1. The van der Waals surface area contributed by atoms with Crippen molar-refractivity contribution in [3.05, 3.63) is 23.3 Å². The second-order valence-corrected chi connectivity index (χ2v) is 9.13. The fourth-order valence-electron chi connectivity index (χ4n) is 2.90. The summed E-state index contributed by atoms with van der Waals surface area (Å²) in [4.78, 5) is 21.4. The van der Waals surface area contributed by atoms with E-state index in [9.17, 15) is 4.79 Å². The zero-order chi connectivity index (χ0) is 14.3. The standard InChI is InChI=1S/C15H20N2OS2/c1-9-13(20-5-4-19-9)14-16-8-10-11(17-14)6-15(2,3)7-12(10)18/h8-9,13H,4-7H2,1-3H3. The Hall–Kier alpha value is -0.550. The molecule has 1 aliphatic heterocycles. The zero-order valence-electron chi connectivity index (χ0n) is 12.2. The van der Waals surface area contributed by atoms with E-state index in [1.165, 1.54) is 5.75 Å². The smallest absolute Gasteiger partial charge is 0.166 e. The Labute approximate surface area is 128 Å². The van der Waals surface area contributed by atoms with Gasteiger partial charge in [0.05, 0.1) is 16.5 Å². The third kappa shape index (κ3) is 2.75. The first-order valence-corrected chi connectivity index (χ1v) is 9.18. The van der Waals surface area contributed by atoms with Crippen molar-refractivity contribution >= 4 is 29.3 Å². The van der Waals surface area contributed by atoms with Crippen LogP contribution in [0, 0.1) is 5.41 Å². The van der Waals surface area contributed by atoms with Gasteiger partial charge >= 0.3 is 0 Å². The monoisotopic (exact) mass is 308 g/mol. The molecule has 2 heterocycles. The molecule has 0 aromatic carbocycles. The van der Waals surface area contributed by atoms with Crippen LogP contribution in [0.1, 0.15) is 54.3 Å². The first kappa shape index (κ1) is 14.4. The highest BCUT2D eigenvalue weighted by molar-refractivity contribution is 8.06. The van der Waals surface area contributed by atoms with Gasteiger partial charge in [-0.3, -0.25) is 4.79 Å². The van der Waals surface area contributed by atoms with Crippen LogP contribution >= 0.6 is 23.5 Å². The molecule has 1 aromatic heterocycles. The van der Waals surface area contributed by atoms with Crippen LogP contribution in [-0.2, 0) is 6.42 Å². The number of thioether (sulfide) groups is 2. The number of rotatable bonds is 1. The molecule has 3 nitrogen and oxygen atoms in total. The van der Waals surface area contributed by atoms with Crippen LogP contribution in [0.15, 0.2) is 6.20 Å². The quantitative estimate of drug-likeness (QED) is 0.794. The summed E-state index contributed by atoms with van der Waals surface area (Å²) in [5.74, 6) is 3.48. The van der Waals surface area contributed by atoms with Gasteiger partial charge in [-0.15, -0.1) is 11.8 Å². The van der Waals surface area contributed by atoms with Gasteiger partial charge in [-0.25, -0.2) is 9.97 Å². The Morgan fingerprint density at radius 2 is 2.00 bits per heavy atom. The molecule has 2 unspecified atom stereocenters. The van der Waals surface area contributed by atoms with Crippen LogP contribution in [0.3, 0.4) is 0 Å². The van der Waals surface area contributed by atoms with E-state index >= 15 is 0 Å². The second-order valence-electron chi connectivity index (χ2n) is 6.40. The summed E-state index contributed by atoms with van der Waals surface area (Å²) in [5, 5.41) is 0.901. The molecule has 1 aromatic rings. The van der Waals surface area contributed by atoms with Crippen molar-refractivity contribution in [3.8, 4) is 0 Å². The summed E-state index contributed by atoms with van der Waals surface area (Å²) in [6.07, 6.45) is 3.25. The number of carbonyl (C=O) groups excluding carboxylic acids is 1. The van der Waals surface area contributed by atoms with Gasteiger partial charge < -0.3 is 0 Å². The van der Waals surface area contributed by atoms with Crippen LogP contribution in [0.5, 0.6) is 0 Å². The molecule has 0 saturated carbocycles. The number of aromatic nitrogens is 2. The SMILES string of the molecule is CC1SCCSC1c1ncc2c(n1)CC(C)(C)CC2=O. The summed E-state index contributed by atoms with van der Waals surface area (Å²) < 4.78 is 0. The topological polar surface area (TPSA) is 42.9 Å². The van der Waals surface area contributed by atoms with E-state index in [0.29, 0.717) is 16.9 Å². The highest BCUT2D eigenvalue weighted by atomic mass is 32.2. The zero-order valence-corrected chi connectivity index (χ0v) is 13.8. The number of Topliss-reactive ketones (excluding diaryl/α,β-unsaturated/α-hetero) is 1. The third-order valence-electron chi connectivity index (χ3n) is 3.91. The minimum absolute atomic E-state index is 0.0236. The van der Waals surface area contributed by atoms with Crippen LogP contribution in [0.4, 0.5) is 0 Å². The summed E-state index contributed by atoms with van der Waals surface area (Å²) in [7, 11) is 0. The molecule has 1 saturated heterocycles. The Kier molecular flexibility index (Phi) is 3.84. The summed E-state index contributed by atoms with van der Waals surface area (Å²) in [6.45, 7) is 6.53. The molecule has 2 atom stereocenters. The van der Waals surface area contributed by atoms with Crippen molar-refractivity contribution in [3.63, 3.8) is 0 Å². The van der Waals surface area contributed by atoms with Crippen molar-refractivity contribution in [2.24, 2.45) is 5.41 Å². The highest BCUT2D eigenvalue weighted by Crippen LogP contribution is 2.42. The molecule has 108 valence electrons. The summed E-state index contributed by atoms with van der Waals surface area (Å²) in [5.41, 5.74) is 1.73. The maximum Gasteiger partial charge on any atom is 0.166 e. The first-order valence-electron chi connectivity index (χ1n) is 7.08.